The molecule has 3 unspecified atom stereocenters. The van der Waals surface area contributed by atoms with Crippen molar-refractivity contribution in [3.8, 4) is 0 Å². The van der Waals surface area contributed by atoms with Crippen LogP contribution in [0.3, 0.4) is 0 Å². The van der Waals surface area contributed by atoms with Crippen LogP contribution in [0.25, 0.3) is 0 Å². The summed E-state index contributed by atoms with van der Waals surface area (Å²) in [6.07, 6.45) is 6.01. The zero-order chi connectivity index (χ0) is 16.9. The Hall–Kier alpha value is -1.39. The lowest BCUT2D eigenvalue weighted by Crippen LogP contribution is -2.36. The number of aliphatic hydroxyl groups is 1. The topological polar surface area (TPSA) is 52.6 Å². The fourth-order valence-corrected chi connectivity index (χ4v) is 3.96. The highest BCUT2D eigenvalue weighted by Crippen LogP contribution is 2.25. The van der Waals surface area contributed by atoms with Crippen molar-refractivity contribution >= 4 is 5.91 Å². The smallest absolute Gasteiger partial charge is 0.225 e. The van der Waals surface area contributed by atoms with Crippen LogP contribution in [0.4, 0.5) is 0 Å². The van der Waals surface area contributed by atoms with Crippen molar-refractivity contribution in [2.75, 3.05) is 6.54 Å². The molecule has 1 aliphatic heterocycles. The minimum atomic E-state index is -0.459. The molecule has 3 rings (SSSR count). The summed E-state index contributed by atoms with van der Waals surface area (Å²) in [5.74, 6) is -0.226. The third kappa shape index (κ3) is 4.37. The number of likely N-dealkylation sites (tertiary alicyclic amines) is 1. The normalized spacial score (nSPS) is 28.0. The molecule has 0 aromatic heterocycles. The number of amides is 1. The van der Waals surface area contributed by atoms with Gasteiger partial charge in [-0.25, -0.2) is 0 Å². The van der Waals surface area contributed by atoms with Gasteiger partial charge >= 0.3 is 0 Å². The highest BCUT2D eigenvalue weighted by molar-refractivity contribution is 5.79. The molecule has 3 atom stereocenters. The Morgan fingerprint density at radius 2 is 1.88 bits per heavy atom. The van der Waals surface area contributed by atoms with Gasteiger partial charge in [0.1, 0.15) is 0 Å². The van der Waals surface area contributed by atoms with Gasteiger partial charge in [0.2, 0.25) is 5.91 Å². The number of aliphatic hydroxyl groups excluding tert-OH is 1. The van der Waals surface area contributed by atoms with E-state index in [9.17, 15) is 9.90 Å². The fraction of sp³-hybridized carbons (Fsp3) is 0.650. The zero-order valence-electron chi connectivity index (χ0n) is 14.7. The van der Waals surface area contributed by atoms with Crippen LogP contribution < -0.4 is 5.32 Å². The summed E-state index contributed by atoms with van der Waals surface area (Å²) in [7, 11) is 0. The van der Waals surface area contributed by atoms with Crippen molar-refractivity contribution in [3.63, 3.8) is 0 Å². The number of nitrogens with one attached hydrogen (secondary N) is 1. The second-order valence-corrected chi connectivity index (χ2v) is 7.45. The Morgan fingerprint density at radius 3 is 2.54 bits per heavy atom. The van der Waals surface area contributed by atoms with Gasteiger partial charge < -0.3 is 10.4 Å². The first-order valence-electron chi connectivity index (χ1n) is 9.41. The molecule has 1 saturated heterocycles. The first-order valence-corrected chi connectivity index (χ1v) is 9.41. The van der Waals surface area contributed by atoms with Crippen LogP contribution >= 0.6 is 0 Å². The monoisotopic (exact) mass is 330 g/mol. The summed E-state index contributed by atoms with van der Waals surface area (Å²) in [6, 6.07) is 9.24. The van der Waals surface area contributed by atoms with Crippen molar-refractivity contribution in [2.24, 2.45) is 5.92 Å². The lowest BCUT2D eigenvalue weighted by atomic mass is 10.0. The molecule has 24 heavy (non-hydrogen) atoms. The van der Waals surface area contributed by atoms with E-state index in [2.05, 4.69) is 41.4 Å². The molecule has 4 nitrogen and oxygen atoms in total. The molecule has 2 N–H and O–H groups in total. The van der Waals surface area contributed by atoms with Crippen molar-refractivity contribution < 1.29 is 9.90 Å². The van der Waals surface area contributed by atoms with E-state index in [0.717, 1.165) is 31.4 Å². The Labute approximate surface area is 145 Å². The van der Waals surface area contributed by atoms with E-state index < -0.39 is 6.10 Å². The van der Waals surface area contributed by atoms with Gasteiger partial charge in [-0.05, 0) is 56.7 Å². The minimum Gasteiger partial charge on any atom is -0.392 e. The first kappa shape index (κ1) is 17.4. The number of hydrogen-bond acceptors (Lipinski definition) is 3. The molecule has 2 aliphatic rings. The third-order valence-electron chi connectivity index (χ3n) is 5.63. The van der Waals surface area contributed by atoms with E-state index in [0.29, 0.717) is 12.6 Å². The lowest BCUT2D eigenvalue weighted by Gasteiger charge is -2.33. The minimum absolute atomic E-state index is 0.00813. The summed E-state index contributed by atoms with van der Waals surface area (Å²) in [5.41, 5.74) is 2.45. The highest BCUT2D eigenvalue weighted by Gasteiger charge is 2.31. The molecular formula is C20H30N2O2. The summed E-state index contributed by atoms with van der Waals surface area (Å²) in [5, 5.41) is 12.8. The van der Waals surface area contributed by atoms with E-state index in [1.807, 2.05) is 0 Å². The molecule has 1 heterocycles. The number of hydrogen-bond donors (Lipinski definition) is 2. The maximum absolute atomic E-state index is 12.1. The van der Waals surface area contributed by atoms with Gasteiger partial charge in [0.05, 0.1) is 12.0 Å². The van der Waals surface area contributed by atoms with Crippen LogP contribution in [0.15, 0.2) is 24.3 Å². The zero-order valence-corrected chi connectivity index (χ0v) is 14.7. The molecule has 1 amide bonds. The first-order chi connectivity index (χ1) is 11.6. The average Bonchev–Trinajstić information content (AvgIpc) is 3.02. The predicted octanol–water partition coefficient (Wildman–Crippen LogP) is 2.84. The number of benzene rings is 1. The van der Waals surface area contributed by atoms with Crippen LogP contribution in [-0.2, 0) is 17.9 Å². The number of carbonyl (C=O) groups excluding carboxylic acids is 1. The van der Waals surface area contributed by atoms with Crippen LogP contribution in [0.1, 0.15) is 56.6 Å². The molecule has 4 heteroatoms. The molecule has 1 aromatic rings. The van der Waals surface area contributed by atoms with Crippen LogP contribution in [0, 0.1) is 5.92 Å². The van der Waals surface area contributed by atoms with E-state index >= 15 is 0 Å². The molecule has 1 aromatic carbocycles. The second kappa shape index (κ2) is 8.13. The molecule has 0 spiro atoms. The van der Waals surface area contributed by atoms with Gasteiger partial charge in [0, 0.05) is 19.1 Å². The van der Waals surface area contributed by atoms with Gasteiger partial charge in [-0.2, -0.15) is 0 Å². The largest absolute Gasteiger partial charge is 0.392 e. The maximum Gasteiger partial charge on any atom is 0.225 e. The molecule has 1 aliphatic carbocycles. The lowest BCUT2D eigenvalue weighted by molar-refractivity contribution is -0.127. The van der Waals surface area contributed by atoms with Crippen LogP contribution in [0.2, 0.25) is 0 Å². The second-order valence-electron chi connectivity index (χ2n) is 7.45. The quantitative estimate of drug-likeness (QED) is 0.873. The van der Waals surface area contributed by atoms with Crippen LogP contribution in [-0.4, -0.2) is 34.6 Å². The average molecular weight is 330 g/mol. The van der Waals surface area contributed by atoms with Gasteiger partial charge in [0.15, 0.2) is 0 Å². The van der Waals surface area contributed by atoms with Crippen molar-refractivity contribution in [3.05, 3.63) is 35.4 Å². The molecule has 0 bridgehead atoms. The standard InChI is InChI=1S/C20H30N2O2/c1-15-5-2-3-12-22(15)14-17-10-8-16(9-11-17)13-21-20(24)18-6-4-7-19(18)23/h8-11,15,18-19,23H,2-7,12-14H2,1H3,(H,21,24). The van der Waals surface area contributed by atoms with Crippen molar-refractivity contribution in [1.82, 2.24) is 10.2 Å². The third-order valence-corrected chi connectivity index (χ3v) is 5.63. The van der Waals surface area contributed by atoms with Gasteiger partial charge in [-0.15, -0.1) is 0 Å². The molecule has 1 saturated carbocycles. The van der Waals surface area contributed by atoms with E-state index in [1.165, 1.54) is 31.4 Å². The van der Waals surface area contributed by atoms with Crippen molar-refractivity contribution in [2.45, 2.75) is 70.7 Å². The van der Waals surface area contributed by atoms with Crippen molar-refractivity contribution in [1.29, 1.82) is 0 Å². The predicted molar refractivity (Wildman–Crippen MR) is 95.4 cm³/mol. The van der Waals surface area contributed by atoms with E-state index in [-0.39, 0.29) is 11.8 Å². The fourth-order valence-electron chi connectivity index (χ4n) is 3.96. The van der Waals surface area contributed by atoms with Gasteiger partial charge in [-0.1, -0.05) is 30.7 Å². The number of nitrogens with zero attached hydrogens (tertiary/aromatic N) is 1. The number of carbonyl (C=O) groups is 1. The molecular weight excluding hydrogens is 300 g/mol. The summed E-state index contributed by atoms with van der Waals surface area (Å²) in [6.45, 7) is 5.08. The Morgan fingerprint density at radius 1 is 1.12 bits per heavy atom. The highest BCUT2D eigenvalue weighted by atomic mass is 16.3. The summed E-state index contributed by atoms with van der Waals surface area (Å²) in [4.78, 5) is 14.7. The SMILES string of the molecule is CC1CCCCN1Cc1ccc(CNC(=O)C2CCCC2O)cc1. The van der Waals surface area contributed by atoms with Gasteiger partial charge in [0.25, 0.3) is 0 Å². The molecule has 0 radical (unpaired) electrons. The summed E-state index contributed by atoms with van der Waals surface area (Å²) >= 11 is 0. The number of piperidine rings is 1. The Kier molecular flexibility index (Phi) is 5.90. The molecule has 2 fully saturated rings. The Balaban J connectivity index is 1.48. The van der Waals surface area contributed by atoms with E-state index in [1.54, 1.807) is 0 Å². The van der Waals surface area contributed by atoms with Crippen LogP contribution in [0.5, 0.6) is 0 Å². The number of rotatable bonds is 5. The molecule has 132 valence electrons. The van der Waals surface area contributed by atoms with Gasteiger partial charge in [-0.3, -0.25) is 9.69 Å². The maximum atomic E-state index is 12.1. The van der Waals surface area contributed by atoms with E-state index in [4.69, 9.17) is 0 Å². The Bertz CT molecular complexity index is 543. The summed E-state index contributed by atoms with van der Waals surface area (Å²) < 4.78 is 0.